The second-order valence-corrected chi connectivity index (χ2v) is 8.86. The summed E-state index contributed by atoms with van der Waals surface area (Å²) in [6.45, 7) is 1.07. The first-order chi connectivity index (χ1) is 12.7. The molecular weight excluding hydrogens is 375 g/mol. The number of sulfonamides is 1. The van der Waals surface area contributed by atoms with Crippen LogP contribution in [0.3, 0.4) is 0 Å². The summed E-state index contributed by atoms with van der Waals surface area (Å²) in [6.07, 6.45) is 4.16. The van der Waals surface area contributed by atoms with E-state index < -0.39 is 40.9 Å². The summed E-state index contributed by atoms with van der Waals surface area (Å²) in [7, 11) is -2.74. The minimum Gasteiger partial charge on any atom is -0.455 e. The van der Waals surface area contributed by atoms with Gasteiger partial charge in [0.2, 0.25) is 10.0 Å². The number of hydrogen-bond donors (Lipinski definition) is 1. The smallest absolute Gasteiger partial charge is 0.321 e. The molecule has 9 heteroatoms. The molecule has 1 aliphatic rings. The van der Waals surface area contributed by atoms with Gasteiger partial charge in [-0.25, -0.2) is 12.8 Å². The largest absolute Gasteiger partial charge is 0.455 e. The van der Waals surface area contributed by atoms with Gasteiger partial charge in [0, 0.05) is 13.1 Å². The van der Waals surface area contributed by atoms with Gasteiger partial charge in [0.25, 0.3) is 5.91 Å². The molecule has 0 aliphatic heterocycles. The van der Waals surface area contributed by atoms with Gasteiger partial charge in [0.1, 0.15) is 12.4 Å². The van der Waals surface area contributed by atoms with Gasteiger partial charge >= 0.3 is 5.97 Å². The predicted molar refractivity (Wildman–Crippen MR) is 96.7 cm³/mol. The van der Waals surface area contributed by atoms with Crippen molar-refractivity contribution < 1.29 is 27.1 Å². The topological polar surface area (TPSA) is 92.8 Å². The highest BCUT2D eigenvalue weighted by Gasteiger charge is 2.25. The molecule has 0 radical (unpaired) electrons. The molecule has 1 N–H and O–H groups in total. The van der Waals surface area contributed by atoms with Crippen LogP contribution in [0, 0.1) is 11.7 Å². The number of halogens is 1. The van der Waals surface area contributed by atoms with Crippen LogP contribution in [0.25, 0.3) is 0 Å². The Kier molecular flexibility index (Phi) is 7.32. The first-order valence-corrected chi connectivity index (χ1v) is 10.3. The molecule has 0 bridgehead atoms. The second kappa shape index (κ2) is 9.27. The van der Waals surface area contributed by atoms with Gasteiger partial charge in [0.05, 0.1) is 4.90 Å². The second-order valence-electron chi connectivity index (χ2n) is 6.81. The number of nitrogens with one attached hydrogen (secondary N) is 1. The van der Waals surface area contributed by atoms with Gasteiger partial charge < -0.3 is 10.1 Å². The number of carbonyl (C=O) groups is 2. The fourth-order valence-corrected chi connectivity index (χ4v) is 4.14. The van der Waals surface area contributed by atoms with Crippen molar-refractivity contribution in [2.45, 2.75) is 43.5 Å². The fourth-order valence-electron chi connectivity index (χ4n) is 3.02. The number of amides is 1. The van der Waals surface area contributed by atoms with Crippen LogP contribution < -0.4 is 5.32 Å². The maximum Gasteiger partial charge on any atom is 0.321 e. The van der Waals surface area contributed by atoms with Crippen molar-refractivity contribution in [1.29, 1.82) is 0 Å². The minimum absolute atomic E-state index is 0.0754. The number of benzene rings is 1. The van der Waals surface area contributed by atoms with Crippen molar-refractivity contribution in [2.75, 3.05) is 20.2 Å². The molecule has 0 spiro atoms. The van der Waals surface area contributed by atoms with Crippen LogP contribution in [0.4, 0.5) is 4.39 Å². The molecule has 1 amide bonds. The van der Waals surface area contributed by atoms with Gasteiger partial charge in [-0.2, -0.15) is 4.31 Å². The maximum atomic E-state index is 12.9. The molecule has 27 heavy (non-hydrogen) atoms. The molecule has 1 aromatic carbocycles. The van der Waals surface area contributed by atoms with E-state index >= 15 is 0 Å². The molecule has 150 valence electrons. The SMILES string of the molecule is C[C@H]1CCCC[C@H]1NC(=O)COC(=O)CN(C)S(=O)(=O)c1ccc(F)cc1. The predicted octanol–water partition coefficient (Wildman–Crippen LogP) is 1.68. The average molecular weight is 400 g/mol. The van der Waals surface area contributed by atoms with Gasteiger partial charge in [-0.1, -0.05) is 19.8 Å². The zero-order valence-electron chi connectivity index (χ0n) is 15.5. The Morgan fingerprint density at radius 2 is 1.85 bits per heavy atom. The summed E-state index contributed by atoms with van der Waals surface area (Å²) < 4.78 is 43.3. The van der Waals surface area contributed by atoms with Gasteiger partial charge in [-0.15, -0.1) is 0 Å². The van der Waals surface area contributed by atoms with Crippen LogP contribution in [-0.2, 0) is 24.3 Å². The first-order valence-electron chi connectivity index (χ1n) is 8.87. The molecule has 1 fully saturated rings. The molecular formula is C18H25FN2O5S. The molecule has 0 aromatic heterocycles. The third-order valence-corrected chi connectivity index (χ3v) is 6.51. The third kappa shape index (κ3) is 6.00. The Balaban J connectivity index is 1.82. The van der Waals surface area contributed by atoms with Crippen molar-refractivity contribution in [2.24, 2.45) is 5.92 Å². The summed E-state index contributed by atoms with van der Waals surface area (Å²) in [5.74, 6) is -1.42. The van der Waals surface area contributed by atoms with E-state index in [1.165, 1.54) is 7.05 Å². The van der Waals surface area contributed by atoms with E-state index in [0.29, 0.717) is 5.92 Å². The summed E-state index contributed by atoms with van der Waals surface area (Å²) in [5.41, 5.74) is 0. The zero-order valence-corrected chi connectivity index (χ0v) is 16.3. The molecule has 1 aliphatic carbocycles. The lowest BCUT2D eigenvalue weighted by molar-refractivity contribution is -0.148. The number of likely N-dealkylation sites (N-methyl/N-ethyl adjacent to an activating group) is 1. The standard InChI is InChI=1S/C18H25FN2O5S/c1-13-5-3-4-6-16(13)20-17(22)12-26-18(23)11-21(2)27(24,25)15-9-7-14(19)8-10-15/h7-10,13,16H,3-6,11-12H2,1-2H3,(H,20,22)/t13-,16+/m0/s1. The molecule has 1 saturated carbocycles. The van der Waals surface area contributed by atoms with Crippen LogP contribution in [-0.4, -0.2) is 50.8 Å². The quantitative estimate of drug-likeness (QED) is 0.703. The zero-order chi connectivity index (χ0) is 20.0. The molecule has 2 atom stereocenters. The Bertz CT molecular complexity index is 766. The lowest BCUT2D eigenvalue weighted by Crippen LogP contribution is -2.43. The summed E-state index contributed by atoms with van der Waals surface area (Å²) in [5, 5.41) is 2.86. The van der Waals surface area contributed by atoms with Crippen LogP contribution >= 0.6 is 0 Å². The molecule has 2 rings (SSSR count). The molecule has 0 heterocycles. The highest BCUT2D eigenvalue weighted by atomic mass is 32.2. The summed E-state index contributed by atoms with van der Waals surface area (Å²) >= 11 is 0. The Labute approximate surface area is 158 Å². The van der Waals surface area contributed by atoms with Crippen LogP contribution in [0.15, 0.2) is 29.2 Å². The van der Waals surface area contributed by atoms with Crippen LogP contribution in [0.1, 0.15) is 32.6 Å². The number of esters is 1. The van der Waals surface area contributed by atoms with E-state index in [1.807, 2.05) is 0 Å². The Hall–Kier alpha value is -2.00. The minimum atomic E-state index is -3.95. The Morgan fingerprint density at radius 3 is 2.48 bits per heavy atom. The van der Waals surface area contributed by atoms with Gasteiger partial charge in [-0.05, 0) is 43.0 Å². The van der Waals surface area contributed by atoms with Gasteiger partial charge in [0.15, 0.2) is 6.61 Å². The normalized spacial score (nSPS) is 20.3. The van der Waals surface area contributed by atoms with E-state index in [1.54, 1.807) is 0 Å². The highest BCUT2D eigenvalue weighted by Crippen LogP contribution is 2.23. The van der Waals surface area contributed by atoms with E-state index in [0.717, 1.165) is 54.3 Å². The molecule has 1 aromatic rings. The van der Waals surface area contributed by atoms with Crippen molar-refractivity contribution >= 4 is 21.9 Å². The molecule has 7 nitrogen and oxygen atoms in total. The maximum absolute atomic E-state index is 12.9. The average Bonchev–Trinajstić information content (AvgIpc) is 2.62. The van der Waals surface area contributed by atoms with Crippen LogP contribution in [0.2, 0.25) is 0 Å². The molecule has 0 saturated heterocycles. The van der Waals surface area contributed by atoms with Crippen molar-refractivity contribution in [1.82, 2.24) is 9.62 Å². The lowest BCUT2D eigenvalue weighted by atomic mass is 9.86. The first kappa shape index (κ1) is 21.3. The van der Waals surface area contributed by atoms with Crippen molar-refractivity contribution in [3.8, 4) is 0 Å². The number of carbonyl (C=O) groups excluding carboxylic acids is 2. The van der Waals surface area contributed by atoms with E-state index in [4.69, 9.17) is 4.74 Å². The number of rotatable bonds is 7. The monoisotopic (exact) mass is 400 g/mol. The van der Waals surface area contributed by atoms with Gasteiger partial charge in [-0.3, -0.25) is 9.59 Å². The number of hydrogen-bond acceptors (Lipinski definition) is 5. The van der Waals surface area contributed by atoms with E-state index in [2.05, 4.69) is 12.2 Å². The highest BCUT2D eigenvalue weighted by molar-refractivity contribution is 7.89. The van der Waals surface area contributed by atoms with E-state index in [-0.39, 0.29) is 10.9 Å². The fraction of sp³-hybridized carbons (Fsp3) is 0.556. The Morgan fingerprint density at radius 1 is 1.22 bits per heavy atom. The van der Waals surface area contributed by atoms with Crippen LogP contribution in [0.5, 0.6) is 0 Å². The number of nitrogens with zero attached hydrogens (tertiary/aromatic N) is 1. The van der Waals surface area contributed by atoms with E-state index in [9.17, 15) is 22.4 Å². The number of ether oxygens (including phenoxy) is 1. The lowest BCUT2D eigenvalue weighted by Gasteiger charge is -2.29. The third-order valence-electron chi connectivity index (χ3n) is 4.70. The van der Waals surface area contributed by atoms with Crippen molar-refractivity contribution in [3.05, 3.63) is 30.1 Å². The molecule has 0 unspecified atom stereocenters. The summed E-state index contributed by atoms with van der Waals surface area (Å²) in [6, 6.07) is 4.36. The summed E-state index contributed by atoms with van der Waals surface area (Å²) in [4.78, 5) is 23.7. The van der Waals surface area contributed by atoms with Crippen molar-refractivity contribution in [3.63, 3.8) is 0 Å².